The molecule has 4 heteroatoms. The van der Waals surface area contributed by atoms with Crippen LogP contribution in [-0.2, 0) is 12.8 Å². The van der Waals surface area contributed by atoms with Gasteiger partial charge in [0.2, 0.25) is 0 Å². The lowest BCUT2D eigenvalue weighted by Crippen LogP contribution is -2.09. The third-order valence-electron chi connectivity index (χ3n) is 4.86. The van der Waals surface area contributed by atoms with Crippen LogP contribution in [0.5, 0.6) is 0 Å². The Morgan fingerprint density at radius 1 is 0.917 bits per heavy atom. The molecule has 2 aromatic carbocycles. The van der Waals surface area contributed by atoms with Gasteiger partial charge < -0.3 is 14.0 Å². The Morgan fingerprint density at radius 3 is 2.58 bits per heavy atom. The molecule has 0 saturated carbocycles. The lowest BCUT2D eigenvalue weighted by atomic mass is 10.0. The van der Waals surface area contributed by atoms with Crippen LogP contribution in [0.1, 0.15) is 17.5 Å². The second kappa shape index (κ2) is 4.99. The fourth-order valence-electron chi connectivity index (χ4n) is 3.74. The molecule has 4 aromatic rings. The van der Waals surface area contributed by atoms with E-state index in [1.165, 1.54) is 5.56 Å². The third-order valence-corrected chi connectivity index (χ3v) is 4.86. The minimum Gasteiger partial charge on any atom is -0.464 e. The molecule has 118 valence electrons. The maximum atomic E-state index is 9.24. The lowest BCUT2D eigenvalue weighted by Gasteiger charge is -2.06. The van der Waals surface area contributed by atoms with Crippen LogP contribution >= 0.6 is 0 Å². The maximum absolute atomic E-state index is 9.24. The Morgan fingerprint density at radius 2 is 1.75 bits per heavy atom. The van der Waals surface area contributed by atoms with Crippen LogP contribution in [0.4, 0.5) is 0 Å². The maximum Gasteiger partial charge on any atom is 0.259 e. The van der Waals surface area contributed by atoms with Crippen molar-refractivity contribution < 1.29 is 14.0 Å². The van der Waals surface area contributed by atoms with E-state index in [0.29, 0.717) is 11.1 Å². The first-order valence-corrected chi connectivity index (χ1v) is 8.08. The number of benzene rings is 2. The van der Waals surface area contributed by atoms with Gasteiger partial charge in [-0.05, 0) is 41.6 Å². The zero-order valence-electron chi connectivity index (χ0n) is 13.0. The highest BCUT2D eigenvalue weighted by Gasteiger charge is 2.20. The van der Waals surface area contributed by atoms with E-state index in [-0.39, 0.29) is 0 Å². The molecule has 0 atom stereocenters. The monoisotopic (exact) mass is 317 g/mol. The summed E-state index contributed by atoms with van der Waals surface area (Å²) in [5, 5.41) is 14.7. The van der Waals surface area contributed by atoms with Gasteiger partial charge in [0, 0.05) is 28.0 Å². The van der Waals surface area contributed by atoms with E-state index in [4.69, 9.17) is 8.83 Å². The second-order valence-electron chi connectivity index (χ2n) is 6.18. The minimum atomic E-state index is 0.323. The van der Waals surface area contributed by atoms with Gasteiger partial charge in [0.25, 0.3) is 5.55 Å². The van der Waals surface area contributed by atoms with Crippen molar-refractivity contribution in [2.24, 2.45) is 5.16 Å². The molecule has 1 aliphatic rings. The van der Waals surface area contributed by atoms with Crippen molar-refractivity contribution in [1.82, 2.24) is 0 Å². The molecule has 0 saturated heterocycles. The van der Waals surface area contributed by atoms with E-state index in [2.05, 4.69) is 23.4 Å². The van der Waals surface area contributed by atoms with Crippen LogP contribution in [0.2, 0.25) is 0 Å². The van der Waals surface area contributed by atoms with Gasteiger partial charge in [0.1, 0.15) is 11.2 Å². The Labute approximate surface area is 137 Å². The zero-order valence-corrected chi connectivity index (χ0v) is 13.0. The summed E-state index contributed by atoms with van der Waals surface area (Å²) in [6, 6.07) is 14.3. The van der Waals surface area contributed by atoms with E-state index in [1.807, 2.05) is 24.3 Å². The SMILES string of the molecule is O/N=c1/oc2cc3occ(-c4ccccc4)c3cc2c2c1CCC2. The largest absolute Gasteiger partial charge is 0.464 e. The van der Waals surface area contributed by atoms with Gasteiger partial charge in [0.15, 0.2) is 0 Å². The summed E-state index contributed by atoms with van der Waals surface area (Å²) in [4.78, 5) is 0. The molecular formula is C20H15NO3. The van der Waals surface area contributed by atoms with Gasteiger partial charge >= 0.3 is 0 Å². The number of furan rings is 1. The van der Waals surface area contributed by atoms with Gasteiger partial charge in [-0.1, -0.05) is 30.3 Å². The molecule has 4 nitrogen and oxygen atoms in total. The summed E-state index contributed by atoms with van der Waals surface area (Å²) in [6.07, 6.45) is 4.72. The lowest BCUT2D eigenvalue weighted by molar-refractivity contribution is 0.275. The molecule has 5 rings (SSSR count). The van der Waals surface area contributed by atoms with E-state index in [0.717, 1.165) is 52.3 Å². The molecular weight excluding hydrogens is 302 g/mol. The van der Waals surface area contributed by atoms with Crippen molar-refractivity contribution in [2.45, 2.75) is 19.3 Å². The first-order valence-electron chi connectivity index (χ1n) is 8.08. The molecule has 1 aliphatic carbocycles. The Balaban J connectivity index is 1.87. The molecule has 2 heterocycles. The van der Waals surface area contributed by atoms with E-state index in [1.54, 1.807) is 6.26 Å². The molecule has 0 unspecified atom stereocenters. The van der Waals surface area contributed by atoms with Gasteiger partial charge in [-0.3, -0.25) is 0 Å². The van der Waals surface area contributed by atoms with Crippen LogP contribution in [0.3, 0.4) is 0 Å². The van der Waals surface area contributed by atoms with E-state index >= 15 is 0 Å². The summed E-state index contributed by atoms with van der Waals surface area (Å²) >= 11 is 0. The first kappa shape index (κ1) is 13.4. The molecule has 0 bridgehead atoms. The first-order chi connectivity index (χ1) is 11.8. The fraction of sp³-hybridized carbons (Fsp3) is 0.150. The van der Waals surface area contributed by atoms with Crippen molar-refractivity contribution in [3.8, 4) is 11.1 Å². The Hall–Kier alpha value is -3.01. The smallest absolute Gasteiger partial charge is 0.259 e. The summed E-state index contributed by atoms with van der Waals surface area (Å²) < 4.78 is 11.6. The van der Waals surface area contributed by atoms with Crippen molar-refractivity contribution >= 4 is 21.9 Å². The normalized spacial score (nSPS) is 14.6. The van der Waals surface area contributed by atoms with Gasteiger partial charge in [-0.15, -0.1) is 0 Å². The highest BCUT2D eigenvalue weighted by molar-refractivity contribution is 6.02. The van der Waals surface area contributed by atoms with Crippen LogP contribution in [0.25, 0.3) is 33.1 Å². The minimum absolute atomic E-state index is 0.323. The van der Waals surface area contributed by atoms with E-state index < -0.39 is 0 Å². The highest BCUT2D eigenvalue weighted by Crippen LogP contribution is 2.36. The van der Waals surface area contributed by atoms with Crippen LogP contribution < -0.4 is 5.55 Å². The zero-order chi connectivity index (χ0) is 16.1. The Kier molecular flexibility index (Phi) is 2.80. The molecule has 0 amide bonds. The standard InChI is InChI=1S/C20H15NO3/c22-21-20-14-8-4-7-13(14)15-9-16-17(12-5-2-1-3-6-12)11-23-18(16)10-19(15)24-20/h1-3,5-6,9-11,22H,4,7-8H2/b21-20+. The van der Waals surface area contributed by atoms with Crippen molar-refractivity contribution in [1.29, 1.82) is 0 Å². The summed E-state index contributed by atoms with van der Waals surface area (Å²) in [7, 11) is 0. The van der Waals surface area contributed by atoms with E-state index in [9.17, 15) is 5.21 Å². The third kappa shape index (κ3) is 1.83. The average molecular weight is 317 g/mol. The number of hydrogen-bond acceptors (Lipinski definition) is 4. The summed E-state index contributed by atoms with van der Waals surface area (Å²) in [6.45, 7) is 0. The molecule has 1 N–H and O–H groups in total. The van der Waals surface area contributed by atoms with Crippen molar-refractivity contribution in [3.63, 3.8) is 0 Å². The van der Waals surface area contributed by atoms with Gasteiger partial charge in [0.05, 0.1) is 6.26 Å². The molecule has 2 aromatic heterocycles. The number of hydrogen-bond donors (Lipinski definition) is 1. The molecule has 0 spiro atoms. The average Bonchev–Trinajstić information content (AvgIpc) is 3.27. The molecule has 0 radical (unpaired) electrons. The van der Waals surface area contributed by atoms with Gasteiger partial charge in [-0.25, -0.2) is 0 Å². The predicted octanol–water partition coefficient (Wildman–Crippen LogP) is 4.62. The molecule has 24 heavy (non-hydrogen) atoms. The van der Waals surface area contributed by atoms with Gasteiger partial charge in [-0.2, -0.15) is 0 Å². The summed E-state index contributed by atoms with van der Waals surface area (Å²) in [5.41, 5.74) is 6.25. The van der Waals surface area contributed by atoms with Crippen LogP contribution in [0.15, 0.2) is 62.7 Å². The number of fused-ring (bicyclic) bond motifs is 4. The topological polar surface area (TPSA) is 58.9 Å². The number of aryl methyl sites for hydroxylation is 1. The summed E-state index contributed by atoms with van der Waals surface area (Å²) in [5.74, 6) is 0. The van der Waals surface area contributed by atoms with Crippen molar-refractivity contribution in [2.75, 3.05) is 0 Å². The highest BCUT2D eigenvalue weighted by atomic mass is 16.5. The van der Waals surface area contributed by atoms with Crippen LogP contribution in [0, 0.1) is 0 Å². The van der Waals surface area contributed by atoms with Crippen LogP contribution in [-0.4, -0.2) is 5.21 Å². The molecule has 0 aliphatic heterocycles. The van der Waals surface area contributed by atoms with Crippen molar-refractivity contribution in [3.05, 3.63) is 65.4 Å². The molecule has 0 fully saturated rings. The number of rotatable bonds is 1. The fourth-order valence-corrected chi connectivity index (χ4v) is 3.74. The Bertz CT molecular complexity index is 1140. The predicted molar refractivity (Wildman–Crippen MR) is 90.8 cm³/mol. The number of nitrogens with zero attached hydrogens (tertiary/aromatic N) is 1. The quantitative estimate of drug-likeness (QED) is 0.411. The second-order valence-corrected chi connectivity index (χ2v) is 6.18.